The first kappa shape index (κ1) is 21.5. The number of ether oxygens (including phenoxy) is 2. The third-order valence-corrected chi connectivity index (χ3v) is 6.51. The van der Waals surface area contributed by atoms with Crippen LogP contribution >= 0.6 is 0 Å². The van der Waals surface area contributed by atoms with E-state index in [1.54, 1.807) is 23.1 Å². The highest BCUT2D eigenvalue weighted by molar-refractivity contribution is 5.98. The molecule has 0 bridgehead atoms. The fraction of sp³-hybridized carbons (Fsp3) is 0.609. The molecule has 0 radical (unpaired) electrons. The minimum atomic E-state index is -0.615. The van der Waals surface area contributed by atoms with Crippen molar-refractivity contribution in [2.24, 2.45) is 11.8 Å². The van der Waals surface area contributed by atoms with Gasteiger partial charge in [0.25, 0.3) is 5.91 Å². The minimum Gasteiger partial charge on any atom is -0.454 e. The Balaban J connectivity index is 1.47. The van der Waals surface area contributed by atoms with Crippen molar-refractivity contribution >= 4 is 17.7 Å². The second-order valence-corrected chi connectivity index (χ2v) is 8.47. The average Bonchev–Trinajstić information content (AvgIpc) is 3.54. The van der Waals surface area contributed by atoms with Gasteiger partial charge >= 0.3 is 0 Å². The van der Waals surface area contributed by atoms with E-state index in [0.29, 0.717) is 56.1 Å². The second kappa shape index (κ2) is 9.16. The molecule has 8 nitrogen and oxygen atoms in total. The van der Waals surface area contributed by atoms with E-state index in [9.17, 15) is 14.4 Å². The van der Waals surface area contributed by atoms with E-state index in [1.807, 2.05) is 18.7 Å². The van der Waals surface area contributed by atoms with Gasteiger partial charge in [-0.1, -0.05) is 0 Å². The first-order valence-electron chi connectivity index (χ1n) is 11.3. The van der Waals surface area contributed by atoms with Gasteiger partial charge in [-0.25, -0.2) is 0 Å². The Morgan fingerprint density at radius 1 is 1.06 bits per heavy atom. The molecule has 4 rings (SSSR count). The lowest BCUT2D eigenvalue weighted by atomic mass is 9.88. The van der Waals surface area contributed by atoms with Crippen LogP contribution in [0.3, 0.4) is 0 Å². The number of nitrogens with one attached hydrogen (secondary N) is 1. The maximum absolute atomic E-state index is 13.3. The number of amides is 3. The van der Waals surface area contributed by atoms with Crippen LogP contribution in [0, 0.1) is 11.8 Å². The zero-order valence-corrected chi connectivity index (χ0v) is 18.3. The molecule has 2 aliphatic heterocycles. The van der Waals surface area contributed by atoms with E-state index < -0.39 is 6.04 Å². The lowest BCUT2D eigenvalue weighted by molar-refractivity contribution is -0.136. The maximum atomic E-state index is 13.3. The zero-order chi connectivity index (χ0) is 22.0. The molecule has 0 spiro atoms. The standard InChI is InChI=1S/C23H31N3O5/c1-3-25(4-2)23(29)20(15-9-11-26(12-10-15)22(28)16-5-6-16)24-21(27)17-7-8-18-19(13-17)31-14-30-18/h7-8,13,15-16,20H,3-6,9-12,14H2,1-2H3,(H,24,27). The molecule has 1 N–H and O–H groups in total. The van der Waals surface area contributed by atoms with Crippen molar-refractivity contribution in [3.05, 3.63) is 23.8 Å². The number of piperidine rings is 1. The number of carbonyl (C=O) groups is 3. The molecule has 2 fully saturated rings. The Morgan fingerprint density at radius 2 is 1.74 bits per heavy atom. The van der Waals surface area contributed by atoms with Crippen molar-refractivity contribution in [1.82, 2.24) is 15.1 Å². The molecule has 0 aromatic heterocycles. The van der Waals surface area contributed by atoms with E-state index >= 15 is 0 Å². The minimum absolute atomic E-state index is 0.00527. The molecule has 1 unspecified atom stereocenters. The van der Waals surface area contributed by atoms with E-state index in [1.165, 1.54) is 0 Å². The van der Waals surface area contributed by atoms with Crippen molar-refractivity contribution in [3.63, 3.8) is 0 Å². The Hall–Kier alpha value is -2.77. The number of carbonyl (C=O) groups excluding carboxylic acids is 3. The second-order valence-electron chi connectivity index (χ2n) is 8.47. The van der Waals surface area contributed by atoms with Crippen LogP contribution in [-0.4, -0.2) is 66.5 Å². The van der Waals surface area contributed by atoms with Crippen LogP contribution in [-0.2, 0) is 9.59 Å². The van der Waals surface area contributed by atoms with Gasteiger partial charge in [0.15, 0.2) is 11.5 Å². The van der Waals surface area contributed by atoms with Gasteiger partial charge in [0.2, 0.25) is 18.6 Å². The average molecular weight is 430 g/mol. The topological polar surface area (TPSA) is 88.2 Å². The lowest BCUT2D eigenvalue weighted by Crippen LogP contribution is -2.54. The Kier molecular flexibility index (Phi) is 6.34. The third kappa shape index (κ3) is 4.62. The predicted molar refractivity (Wildman–Crippen MR) is 114 cm³/mol. The number of likely N-dealkylation sites (N-methyl/N-ethyl adjacent to an activating group) is 1. The first-order chi connectivity index (χ1) is 15.0. The fourth-order valence-corrected chi connectivity index (χ4v) is 4.42. The lowest BCUT2D eigenvalue weighted by Gasteiger charge is -2.37. The highest BCUT2D eigenvalue weighted by Gasteiger charge is 2.39. The number of hydrogen-bond acceptors (Lipinski definition) is 5. The number of fused-ring (bicyclic) bond motifs is 1. The van der Waals surface area contributed by atoms with Crippen LogP contribution in [0.15, 0.2) is 18.2 Å². The molecule has 2 heterocycles. The van der Waals surface area contributed by atoms with Crippen LogP contribution in [0.1, 0.15) is 49.9 Å². The monoisotopic (exact) mass is 429 g/mol. The summed E-state index contributed by atoms with van der Waals surface area (Å²) in [6, 6.07) is 4.42. The summed E-state index contributed by atoms with van der Waals surface area (Å²) in [4.78, 5) is 42.4. The number of likely N-dealkylation sites (tertiary alicyclic amines) is 1. The van der Waals surface area contributed by atoms with Gasteiger partial charge in [0.1, 0.15) is 6.04 Å². The van der Waals surface area contributed by atoms with Crippen LogP contribution in [0.2, 0.25) is 0 Å². The van der Waals surface area contributed by atoms with Crippen molar-refractivity contribution < 1.29 is 23.9 Å². The molecule has 1 aromatic rings. The molecule has 168 valence electrons. The zero-order valence-electron chi connectivity index (χ0n) is 18.3. The Labute approximate surface area is 182 Å². The first-order valence-corrected chi connectivity index (χ1v) is 11.3. The molecule has 1 saturated carbocycles. The number of hydrogen-bond donors (Lipinski definition) is 1. The molecule has 1 saturated heterocycles. The van der Waals surface area contributed by atoms with E-state index in [-0.39, 0.29) is 36.4 Å². The number of benzene rings is 1. The van der Waals surface area contributed by atoms with Gasteiger partial charge in [0.05, 0.1) is 0 Å². The third-order valence-electron chi connectivity index (χ3n) is 6.51. The van der Waals surface area contributed by atoms with Crippen molar-refractivity contribution in [2.45, 2.75) is 45.6 Å². The molecular weight excluding hydrogens is 398 g/mol. The smallest absolute Gasteiger partial charge is 0.252 e. The van der Waals surface area contributed by atoms with Gasteiger partial charge in [0, 0.05) is 37.7 Å². The van der Waals surface area contributed by atoms with Crippen molar-refractivity contribution in [2.75, 3.05) is 33.0 Å². The largest absolute Gasteiger partial charge is 0.454 e. The molecule has 31 heavy (non-hydrogen) atoms. The highest BCUT2D eigenvalue weighted by atomic mass is 16.7. The van der Waals surface area contributed by atoms with Gasteiger partial charge < -0.3 is 24.6 Å². The summed E-state index contributed by atoms with van der Waals surface area (Å²) in [6.07, 6.45) is 3.40. The molecule has 1 aromatic carbocycles. The molecule has 3 amide bonds. The highest BCUT2D eigenvalue weighted by Crippen LogP contribution is 2.34. The number of rotatable bonds is 7. The maximum Gasteiger partial charge on any atom is 0.252 e. The molecule has 3 aliphatic rings. The summed E-state index contributed by atoms with van der Waals surface area (Å²) in [7, 11) is 0. The molecule has 8 heteroatoms. The van der Waals surface area contributed by atoms with Gasteiger partial charge in [-0.15, -0.1) is 0 Å². The van der Waals surface area contributed by atoms with E-state index in [0.717, 1.165) is 12.8 Å². The summed E-state index contributed by atoms with van der Waals surface area (Å²) < 4.78 is 10.7. The molecule has 1 aliphatic carbocycles. The van der Waals surface area contributed by atoms with Crippen LogP contribution in [0.5, 0.6) is 11.5 Å². The SMILES string of the molecule is CCN(CC)C(=O)C(NC(=O)c1ccc2c(c1)OCO2)C1CCN(C(=O)C2CC2)CC1. The summed E-state index contributed by atoms with van der Waals surface area (Å²) in [5.74, 6) is 1.22. The van der Waals surface area contributed by atoms with Crippen molar-refractivity contribution in [3.8, 4) is 11.5 Å². The van der Waals surface area contributed by atoms with Gasteiger partial charge in [-0.2, -0.15) is 0 Å². The predicted octanol–water partition coefficient (Wildman–Crippen LogP) is 2.03. The van der Waals surface area contributed by atoms with Crippen LogP contribution < -0.4 is 14.8 Å². The Morgan fingerprint density at radius 3 is 2.39 bits per heavy atom. The Bertz CT molecular complexity index is 842. The summed E-state index contributed by atoms with van der Waals surface area (Å²) >= 11 is 0. The van der Waals surface area contributed by atoms with Crippen molar-refractivity contribution in [1.29, 1.82) is 0 Å². The van der Waals surface area contributed by atoms with Crippen LogP contribution in [0.4, 0.5) is 0 Å². The normalized spacial score (nSPS) is 19.1. The van der Waals surface area contributed by atoms with Gasteiger partial charge in [-0.05, 0) is 63.6 Å². The summed E-state index contributed by atoms with van der Waals surface area (Å²) in [5, 5.41) is 2.99. The molecule has 1 atom stereocenters. The van der Waals surface area contributed by atoms with E-state index in [4.69, 9.17) is 9.47 Å². The molecular formula is C23H31N3O5. The van der Waals surface area contributed by atoms with E-state index in [2.05, 4.69) is 5.32 Å². The quantitative estimate of drug-likeness (QED) is 0.717. The van der Waals surface area contributed by atoms with Crippen LogP contribution in [0.25, 0.3) is 0 Å². The summed E-state index contributed by atoms with van der Waals surface area (Å²) in [6.45, 7) is 6.48. The van der Waals surface area contributed by atoms with Gasteiger partial charge in [-0.3, -0.25) is 14.4 Å². The summed E-state index contributed by atoms with van der Waals surface area (Å²) in [5.41, 5.74) is 0.433. The number of nitrogens with zero attached hydrogens (tertiary/aromatic N) is 2. The fourth-order valence-electron chi connectivity index (χ4n) is 4.42.